The molecule has 1 N–H and O–H groups in total. The van der Waals surface area contributed by atoms with E-state index in [0.29, 0.717) is 17.4 Å². The van der Waals surface area contributed by atoms with E-state index in [0.717, 1.165) is 24.7 Å². The van der Waals surface area contributed by atoms with E-state index in [4.69, 9.17) is 4.74 Å². The first-order valence-corrected chi connectivity index (χ1v) is 6.13. The van der Waals surface area contributed by atoms with Gasteiger partial charge in [0.15, 0.2) is 12.4 Å². The number of hydrogen-bond donors (Lipinski definition) is 1. The van der Waals surface area contributed by atoms with E-state index >= 15 is 0 Å². The molecule has 1 atom stereocenters. The molecule has 0 heterocycles. The van der Waals surface area contributed by atoms with Crippen LogP contribution in [0.5, 0.6) is 5.75 Å². The van der Waals surface area contributed by atoms with Gasteiger partial charge in [-0.05, 0) is 38.8 Å². The summed E-state index contributed by atoms with van der Waals surface area (Å²) in [6, 6.07) is 5.63. The number of amides is 1. The summed E-state index contributed by atoms with van der Waals surface area (Å²) in [7, 11) is 0. The van der Waals surface area contributed by atoms with E-state index in [1.54, 1.807) is 19.1 Å². The van der Waals surface area contributed by atoms with Crippen LogP contribution in [-0.4, -0.2) is 24.3 Å². The molecule has 1 aliphatic rings. The quantitative estimate of drug-likeness (QED) is 0.808. The predicted molar refractivity (Wildman–Crippen MR) is 67.8 cm³/mol. The van der Waals surface area contributed by atoms with Crippen LogP contribution in [0.2, 0.25) is 0 Å². The molecule has 4 nitrogen and oxygen atoms in total. The molecule has 1 aliphatic carbocycles. The number of carbonyl (C=O) groups is 2. The summed E-state index contributed by atoms with van der Waals surface area (Å²) in [6.07, 6.45) is 2.24. The van der Waals surface area contributed by atoms with Gasteiger partial charge in [-0.15, -0.1) is 0 Å². The second-order valence-corrected chi connectivity index (χ2v) is 4.70. The Morgan fingerprint density at radius 2 is 2.22 bits per heavy atom. The predicted octanol–water partition coefficient (Wildman–Crippen LogP) is 1.85. The molecular weight excluding hydrogens is 230 g/mol. The van der Waals surface area contributed by atoms with Crippen molar-refractivity contribution in [1.29, 1.82) is 0 Å². The monoisotopic (exact) mass is 247 g/mol. The van der Waals surface area contributed by atoms with Crippen molar-refractivity contribution >= 4 is 12.2 Å². The summed E-state index contributed by atoms with van der Waals surface area (Å²) in [5.74, 6) is 0.323. The first kappa shape index (κ1) is 12.6. The maximum Gasteiger partial charge on any atom is 0.260 e. The number of benzene rings is 1. The SMILES string of the molecule is Cc1ccc(OC(C)C(=O)NC2CC2)c(C=O)c1. The van der Waals surface area contributed by atoms with Gasteiger partial charge in [0.05, 0.1) is 5.56 Å². The van der Waals surface area contributed by atoms with Crippen LogP contribution in [0.15, 0.2) is 18.2 Å². The summed E-state index contributed by atoms with van der Waals surface area (Å²) in [5.41, 5.74) is 1.46. The van der Waals surface area contributed by atoms with Crippen molar-refractivity contribution in [3.63, 3.8) is 0 Å². The van der Waals surface area contributed by atoms with Gasteiger partial charge in [-0.2, -0.15) is 0 Å². The maximum atomic E-state index is 11.7. The second kappa shape index (κ2) is 5.21. The van der Waals surface area contributed by atoms with Crippen LogP contribution >= 0.6 is 0 Å². The minimum atomic E-state index is -0.591. The average molecular weight is 247 g/mol. The molecule has 0 radical (unpaired) electrons. The zero-order valence-corrected chi connectivity index (χ0v) is 10.6. The lowest BCUT2D eigenvalue weighted by atomic mass is 10.1. The fourth-order valence-corrected chi connectivity index (χ4v) is 1.66. The molecule has 1 fully saturated rings. The number of aldehydes is 1. The smallest absolute Gasteiger partial charge is 0.260 e. The third-order valence-electron chi connectivity index (χ3n) is 2.89. The maximum absolute atomic E-state index is 11.7. The number of rotatable bonds is 5. The molecule has 96 valence electrons. The van der Waals surface area contributed by atoms with Crippen LogP contribution in [0.25, 0.3) is 0 Å². The van der Waals surface area contributed by atoms with Gasteiger partial charge in [-0.25, -0.2) is 0 Å². The zero-order valence-electron chi connectivity index (χ0n) is 10.6. The molecule has 1 aromatic carbocycles. The van der Waals surface area contributed by atoms with Crippen LogP contribution in [0.1, 0.15) is 35.7 Å². The van der Waals surface area contributed by atoms with Crippen LogP contribution in [0.3, 0.4) is 0 Å². The van der Waals surface area contributed by atoms with E-state index in [-0.39, 0.29) is 5.91 Å². The Hall–Kier alpha value is -1.84. The number of ether oxygens (including phenoxy) is 1. The molecule has 0 aromatic heterocycles. The molecule has 4 heteroatoms. The Labute approximate surface area is 106 Å². The minimum absolute atomic E-state index is 0.130. The molecule has 1 aromatic rings. The molecule has 2 rings (SSSR count). The van der Waals surface area contributed by atoms with E-state index in [9.17, 15) is 9.59 Å². The third-order valence-corrected chi connectivity index (χ3v) is 2.89. The molecule has 0 aliphatic heterocycles. The minimum Gasteiger partial charge on any atom is -0.480 e. The van der Waals surface area contributed by atoms with E-state index < -0.39 is 6.10 Å². The highest BCUT2D eigenvalue weighted by atomic mass is 16.5. The van der Waals surface area contributed by atoms with Gasteiger partial charge < -0.3 is 10.1 Å². The molecule has 0 spiro atoms. The van der Waals surface area contributed by atoms with Gasteiger partial charge in [0.1, 0.15) is 5.75 Å². The van der Waals surface area contributed by atoms with Crippen molar-refractivity contribution in [2.75, 3.05) is 0 Å². The molecule has 1 amide bonds. The lowest BCUT2D eigenvalue weighted by Crippen LogP contribution is -2.37. The summed E-state index contributed by atoms with van der Waals surface area (Å²) >= 11 is 0. The molecular formula is C14H17NO3. The van der Waals surface area contributed by atoms with Crippen molar-refractivity contribution < 1.29 is 14.3 Å². The van der Waals surface area contributed by atoms with Crippen molar-refractivity contribution in [3.05, 3.63) is 29.3 Å². The molecule has 18 heavy (non-hydrogen) atoms. The van der Waals surface area contributed by atoms with Crippen molar-refractivity contribution in [2.24, 2.45) is 0 Å². The summed E-state index contributed by atoms with van der Waals surface area (Å²) in [6.45, 7) is 3.59. The van der Waals surface area contributed by atoms with Gasteiger partial charge in [0.25, 0.3) is 5.91 Å². The molecule has 0 bridgehead atoms. The highest BCUT2D eigenvalue weighted by Gasteiger charge is 2.26. The molecule has 1 unspecified atom stereocenters. The topological polar surface area (TPSA) is 55.4 Å². The number of nitrogens with one attached hydrogen (secondary N) is 1. The van der Waals surface area contributed by atoms with Gasteiger partial charge in [0.2, 0.25) is 0 Å². The van der Waals surface area contributed by atoms with Crippen molar-refractivity contribution in [1.82, 2.24) is 5.32 Å². The van der Waals surface area contributed by atoms with Crippen LogP contribution in [-0.2, 0) is 4.79 Å². The fourth-order valence-electron chi connectivity index (χ4n) is 1.66. The molecule has 1 saturated carbocycles. The third kappa shape index (κ3) is 3.09. The Balaban J connectivity index is 2.03. The van der Waals surface area contributed by atoms with Crippen LogP contribution in [0.4, 0.5) is 0 Å². The Bertz CT molecular complexity index is 466. The zero-order chi connectivity index (χ0) is 13.1. The molecule has 0 saturated heterocycles. The van der Waals surface area contributed by atoms with Gasteiger partial charge in [-0.1, -0.05) is 11.6 Å². The highest BCUT2D eigenvalue weighted by Crippen LogP contribution is 2.21. The van der Waals surface area contributed by atoms with Crippen molar-refractivity contribution in [2.45, 2.75) is 38.8 Å². The summed E-state index contributed by atoms with van der Waals surface area (Å²) in [4.78, 5) is 22.7. The van der Waals surface area contributed by atoms with Gasteiger partial charge >= 0.3 is 0 Å². The fraction of sp³-hybridized carbons (Fsp3) is 0.429. The largest absolute Gasteiger partial charge is 0.480 e. The number of hydrogen-bond acceptors (Lipinski definition) is 3. The van der Waals surface area contributed by atoms with Gasteiger partial charge in [0, 0.05) is 6.04 Å². The normalized spacial score (nSPS) is 15.9. The van der Waals surface area contributed by atoms with Gasteiger partial charge in [-0.3, -0.25) is 9.59 Å². The Morgan fingerprint density at radius 3 is 2.83 bits per heavy atom. The summed E-state index contributed by atoms with van der Waals surface area (Å²) < 4.78 is 5.54. The average Bonchev–Trinajstić information content (AvgIpc) is 3.15. The Morgan fingerprint density at radius 1 is 1.50 bits per heavy atom. The summed E-state index contributed by atoms with van der Waals surface area (Å²) in [5, 5.41) is 2.87. The van der Waals surface area contributed by atoms with Crippen LogP contribution in [0, 0.1) is 6.92 Å². The van der Waals surface area contributed by atoms with Crippen molar-refractivity contribution in [3.8, 4) is 5.75 Å². The lowest BCUT2D eigenvalue weighted by molar-refractivity contribution is -0.127. The standard InChI is InChI=1S/C14H17NO3/c1-9-3-6-13(11(7-9)8-16)18-10(2)14(17)15-12-4-5-12/h3,6-8,10,12H,4-5H2,1-2H3,(H,15,17). The number of carbonyl (C=O) groups excluding carboxylic acids is 2. The highest BCUT2D eigenvalue weighted by molar-refractivity contribution is 5.83. The first-order valence-electron chi connectivity index (χ1n) is 6.13. The van der Waals surface area contributed by atoms with E-state index in [2.05, 4.69) is 5.32 Å². The second-order valence-electron chi connectivity index (χ2n) is 4.70. The van der Waals surface area contributed by atoms with Crippen LogP contribution < -0.4 is 10.1 Å². The number of aryl methyl sites for hydroxylation is 1. The van der Waals surface area contributed by atoms with E-state index in [1.165, 1.54) is 0 Å². The lowest BCUT2D eigenvalue weighted by Gasteiger charge is -2.15. The first-order chi connectivity index (χ1) is 8.60. The van der Waals surface area contributed by atoms with E-state index in [1.807, 2.05) is 13.0 Å². The Kier molecular flexibility index (Phi) is 3.65.